The zero-order valence-corrected chi connectivity index (χ0v) is 16.9. The zero-order valence-electron chi connectivity index (χ0n) is 16.1. The number of carbonyl (C=O) groups excluding carboxylic acids is 2. The van der Waals surface area contributed by atoms with E-state index in [1.165, 1.54) is 23.5 Å². The lowest BCUT2D eigenvalue weighted by Crippen LogP contribution is -2.36. The van der Waals surface area contributed by atoms with Crippen LogP contribution in [0.3, 0.4) is 0 Å². The summed E-state index contributed by atoms with van der Waals surface area (Å²) in [5.41, 5.74) is 0.244. The normalized spacial score (nSPS) is 17.2. The molecule has 1 aromatic carbocycles. The standard InChI is InChI=1S/C20H21F3N4O2S/c21-20(22,23)13-5-2-6-14(9-13)24-17(28)11-27-8-7-15-16(10-27)30-19(25-15)26-18(29)12-3-1-4-12/h2,5-6,9,12H,1,3-4,7-8,10-11H2,(H,24,28)(H,25,26,29). The van der Waals surface area contributed by atoms with Crippen LogP contribution >= 0.6 is 11.3 Å². The van der Waals surface area contributed by atoms with Crippen molar-refractivity contribution in [2.75, 3.05) is 23.7 Å². The number of nitrogens with zero attached hydrogens (tertiary/aromatic N) is 2. The van der Waals surface area contributed by atoms with Crippen LogP contribution in [0.25, 0.3) is 0 Å². The fourth-order valence-corrected chi connectivity index (χ4v) is 4.55. The van der Waals surface area contributed by atoms with E-state index in [1.54, 1.807) is 0 Å². The molecular formula is C20H21F3N4O2S. The number of thiazole rings is 1. The number of nitrogens with one attached hydrogen (secondary N) is 2. The highest BCUT2D eigenvalue weighted by Crippen LogP contribution is 2.32. The Morgan fingerprint density at radius 3 is 2.73 bits per heavy atom. The van der Waals surface area contributed by atoms with Crippen LogP contribution in [0.1, 0.15) is 35.4 Å². The maximum absolute atomic E-state index is 12.8. The minimum atomic E-state index is -4.46. The average molecular weight is 438 g/mol. The molecule has 1 fully saturated rings. The number of benzene rings is 1. The molecule has 0 radical (unpaired) electrons. The van der Waals surface area contributed by atoms with Crippen LogP contribution in [-0.2, 0) is 28.7 Å². The SMILES string of the molecule is O=C(CN1CCc2nc(NC(=O)C3CCC3)sc2C1)Nc1cccc(C(F)(F)F)c1. The molecule has 0 unspecified atom stereocenters. The van der Waals surface area contributed by atoms with Crippen molar-refractivity contribution in [3.63, 3.8) is 0 Å². The van der Waals surface area contributed by atoms with Crippen LogP contribution in [0.4, 0.5) is 24.0 Å². The Kier molecular flexibility index (Phi) is 5.79. The number of anilines is 2. The highest BCUT2D eigenvalue weighted by Gasteiger charge is 2.31. The first-order valence-corrected chi connectivity index (χ1v) is 10.6. The van der Waals surface area contributed by atoms with Crippen LogP contribution in [0.5, 0.6) is 0 Å². The quantitative estimate of drug-likeness (QED) is 0.743. The minimum Gasteiger partial charge on any atom is -0.325 e. The molecule has 2 aromatic rings. The largest absolute Gasteiger partial charge is 0.416 e. The molecule has 4 rings (SSSR count). The summed E-state index contributed by atoms with van der Waals surface area (Å²) < 4.78 is 38.4. The number of aromatic nitrogens is 1. The van der Waals surface area contributed by atoms with Gasteiger partial charge in [-0.1, -0.05) is 12.5 Å². The third-order valence-electron chi connectivity index (χ3n) is 5.36. The van der Waals surface area contributed by atoms with Gasteiger partial charge < -0.3 is 10.6 Å². The van der Waals surface area contributed by atoms with Crippen molar-refractivity contribution >= 4 is 34.0 Å². The van der Waals surface area contributed by atoms with Crippen LogP contribution < -0.4 is 10.6 Å². The topological polar surface area (TPSA) is 74.3 Å². The Morgan fingerprint density at radius 1 is 1.23 bits per heavy atom. The van der Waals surface area contributed by atoms with E-state index in [0.29, 0.717) is 24.6 Å². The second-order valence-corrected chi connectivity index (χ2v) is 8.68. The maximum atomic E-state index is 12.8. The maximum Gasteiger partial charge on any atom is 0.416 e. The zero-order chi connectivity index (χ0) is 21.3. The van der Waals surface area contributed by atoms with E-state index in [-0.39, 0.29) is 30.0 Å². The molecule has 0 saturated heterocycles. The fourth-order valence-electron chi connectivity index (χ4n) is 3.49. The molecule has 160 valence electrons. The van der Waals surface area contributed by atoms with Crippen molar-refractivity contribution in [3.8, 4) is 0 Å². The number of rotatable bonds is 5. The first kappa shape index (κ1) is 20.8. The molecule has 1 aliphatic carbocycles. The molecule has 0 bridgehead atoms. The highest BCUT2D eigenvalue weighted by atomic mass is 32.1. The van der Waals surface area contributed by atoms with Gasteiger partial charge in [-0.05, 0) is 31.0 Å². The molecule has 0 atom stereocenters. The Bertz CT molecular complexity index is 956. The number of amides is 2. The molecule has 1 aliphatic heterocycles. The van der Waals surface area contributed by atoms with Gasteiger partial charge in [-0.25, -0.2) is 4.98 Å². The van der Waals surface area contributed by atoms with E-state index < -0.39 is 11.7 Å². The second-order valence-electron chi connectivity index (χ2n) is 7.59. The molecule has 1 saturated carbocycles. The lowest BCUT2D eigenvalue weighted by atomic mass is 9.85. The summed E-state index contributed by atoms with van der Waals surface area (Å²) in [7, 11) is 0. The summed E-state index contributed by atoms with van der Waals surface area (Å²) in [6, 6.07) is 4.59. The van der Waals surface area contributed by atoms with Gasteiger partial charge in [-0.2, -0.15) is 13.2 Å². The van der Waals surface area contributed by atoms with Crippen molar-refractivity contribution in [2.45, 2.75) is 38.4 Å². The molecule has 1 aromatic heterocycles. The molecule has 6 nitrogen and oxygen atoms in total. The van der Waals surface area contributed by atoms with Gasteiger partial charge in [0.2, 0.25) is 11.8 Å². The van der Waals surface area contributed by atoms with Crippen molar-refractivity contribution < 1.29 is 22.8 Å². The van der Waals surface area contributed by atoms with Crippen molar-refractivity contribution in [1.82, 2.24) is 9.88 Å². The average Bonchev–Trinajstić information content (AvgIpc) is 3.01. The predicted molar refractivity (Wildman–Crippen MR) is 107 cm³/mol. The monoisotopic (exact) mass is 438 g/mol. The highest BCUT2D eigenvalue weighted by molar-refractivity contribution is 7.15. The van der Waals surface area contributed by atoms with E-state index in [2.05, 4.69) is 15.6 Å². The summed E-state index contributed by atoms with van der Waals surface area (Å²) in [6.45, 7) is 1.20. The Hall–Kier alpha value is -2.46. The Labute approximate surface area is 175 Å². The molecule has 30 heavy (non-hydrogen) atoms. The summed E-state index contributed by atoms with van der Waals surface area (Å²) in [5.74, 6) is -0.271. The van der Waals surface area contributed by atoms with Gasteiger partial charge >= 0.3 is 6.18 Å². The number of hydrogen-bond acceptors (Lipinski definition) is 5. The van der Waals surface area contributed by atoms with Gasteiger partial charge in [0, 0.05) is 36.0 Å². The van der Waals surface area contributed by atoms with Crippen LogP contribution in [-0.4, -0.2) is 34.8 Å². The van der Waals surface area contributed by atoms with E-state index in [1.807, 2.05) is 4.90 Å². The summed E-state index contributed by atoms with van der Waals surface area (Å²) >= 11 is 1.41. The molecule has 0 spiro atoms. The molecule has 2 aliphatic rings. The Morgan fingerprint density at radius 2 is 2.03 bits per heavy atom. The van der Waals surface area contributed by atoms with E-state index in [0.717, 1.165) is 42.0 Å². The lowest BCUT2D eigenvalue weighted by Gasteiger charge is -2.25. The van der Waals surface area contributed by atoms with E-state index in [9.17, 15) is 22.8 Å². The Balaban J connectivity index is 1.32. The number of halogens is 3. The molecular weight excluding hydrogens is 417 g/mol. The summed E-state index contributed by atoms with van der Waals surface area (Å²) in [4.78, 5) is 31.8. The van der Waals surface area contributed by atoms with Gasteiger partial charge in [-0.3, -0.25) is 14.5 Å². The molecule has 2 heterocycles. The number of hydrogen-bond donors (Lipinski definition) is 2. The first-order chi connectivity index (χ1) is 14.3. The summed E-state index contributed by atoms with van der Waals surface area (Å²) in [6.07, 6.45) is -0.870. The molecule has 2 amide bonds. The van der Waals surface area contributed by atoms with Crippen LogP contribution in [0.15, 0.2) is 24.3 Å². The number of alkyl halides is 3. The van der Waals surface area contributed by atoms with Crippen LogP contribution in [0, 0.1) is 5.92 Å². The minimum absolute atomic E-state index is 0.0182. The third-order valence-corrected chi connectivity index (χ3v) is 6.36. The first-order valence-electron chi connectivity index (χ1n) is 9.77. The summed E-state index contributed by atoms with van der Waals surface area (Å²) in [5, 5.41) is 6.01. The fraction of sp³-hybridized carbons (Fsp3) is 0.450. The number of fused-ring (bicyclic) bond motifs is 1. The van der Waals surface area contributed by atoms with Crippen molar-refractivity contribution in [3.05, 3.63) is 40.4 Å². The third kappa shape index (κ3) is 4.81. The van der Waals surface area contributed by atoms with E-state index >= 15 is 0 Å². The van der Waals surface area contributed by atoms with Gasteiger partial charge in [0.1, 0.15) is 0 Å². The number of carbonyl (C=O) groups is 2. The molecule has 10 heteroatoms. The van der Waals surface area contributed by atoms with Crippen molar-refractivity contribution in [1.29, 1.82) is 0 Å². The van der Waals surface area contributed by atoms with Crippen molar-refractivity contribution in [2.24, 2.45) is 5.92 Å². The molecule has 2 N–H and O–H groups in total. The predicted octanol–water partition coefficient (Wildman–Crippen LogP) is 3.90. The van der Waals surface area contributed by atoms with Gasteiger partial charge in [0.15, 0.2) is 5.13 Å². The lowest BCUT2D eigenvalue weighted by molar-refractivity contribution is -0.137. The second kappa shape index (κ2) is 8.35. The van der Waals surface area contributed by atoms with Gasteiger partial charge in [-0.15, -0.1) is 11.3 Å². The van der Waals surface area contributed by atoms with Crippen LogP contribution in [0.2, 0.25) is 0 Å². The van der Waals surface area contributed by atoms with Gasteiger partial charge in [0.05, 0.1) is 17.8 Å². The smallest absolute Gasteiger partial charge is 0.325 e. The van der Waals surface area contributed by atoms with E-state index in [4.69, 9.17) is 0 Å². The van der Waals surface area contributed by atoms with Gasteiger partial charge in [0.25, 0.3) is 0 Å².